The van der Waals surface area contributed by atoms with Crippen LogP contribution in [-0.4, -0.2) is 140 Å². The number of ether oxygens (including phenoxy) is 4. The summed E-state index contributed by atoms with van der Waals surface area (Å²) in [6.07, 6.45) is 83.3. The molecule has 14 heteroatoms. The van der Waals surface area contributed by atoms with Gasteiger partial charge in [-0.3, -0.25) is 4.79 Å². The third-order valence-electron chi connectivity index (χ3n) is 18.6. The van der Waals surface area contributed by atoms with Crippen LogP contribution in [0.15, 0.2) is 134 Å². The standard InChI is InChI=1S/C85H145NO13/c1-3-5-7-9-11-13-15-17-19-21-23-25-27-29-30-31-32-33-34-35-36-37-38-39-40-41-42-43-44-45-47-49-51-53-55-57-59-61-63-65-67-69-77(90)86-73(72-96-84-82(95)80(93)83(76(71-88)98-84)99-85-81(94)79(92)78(91)75(70-87)97-85)74(89)68-66-64-62-60-58-56-54-52-50-48-46-28-26-24-22-20-18-16-14-12-10-8-6-4-2/h5,7,11,13,17,19,23,25,29-30,32-33,35-36,38-39,41-42,44-45,49,51,73-76,78-85,87-89,91-95H,3-4,6,8-10,12,14-16,18,20-22,24,26-28,31,34,37,40,43,46-48,50,52-72H2,1-2H3,(H,86,90)/b7-5-,13-11-,19-17-,25-23-,30-29-,33-32-,36-35-,39-38-,42-41-,45-44-,51-49-. The van der Waals surface area contributed by atoms with Crippen LogP contribution in [-0.2, 0) is 23.7 Å². The maximum atomic E-state index is 13.4. The van der Waals surface area contributed by atoms with Gasteiger partial charge in [0.05, 0.1) is 32.0 Å². The summed E-state index contributed by atoms with van der Waals surface area (Å²) in [6.45, 7) is 2.77. The highest BCUT2D eigenvalue weighted by Gasteiger charge is 2.51. The molecule has 2 rings (SSSR count). The van der Waals surface area contributed by atoms with E-state index in [1.54, 1.807) is 0 Å². The van der Waals surface area contributed by atoms with Crippen LogP contribution < -0.4 is 5.32 Å². The van der Waals surface area contributed by atoms with Crippen LogP contribution in [0.1, 0.15) is 303 Å². The van der Waals surface area contributed by atoms with Gasteiger partial charge in [0.25, 0.3) is 0 Å². The minimum absolute atomic E-state index is 0.220. The van der Waals surface area contributed by atoms with Gasteiger partial charge >= 0.3 is 0 Å². The first-order valence-electron chi connectivity index (χ1n) is 39.9. The van der Waals surface area contributed by atoms with Gasteiger partial charge in [0.1, 0.15) is 48.8 Å². The Labute approximate surface area is 602 Å². The molecule has 0 aromatic heterocycles. The molecule has 0 bridgehead atoms. The molecule has 2 heterocycles. The molecule has 568 valence electrons. The van der Waals surface area contributed by atoms with Crippen molar-refractivity contribution in [1.82, 2.24) is 5.32 Å². The molecular weight excluding hydrogens is 1240 g/mol. The minimum Gasteiger partial charge on any atom is -0.394 e. The maximum absolute atomic E-state index is 13.4. The third-order valence-corrected chi connectivity index (χ3v) is 18.6. The number of carbonyl (C=O) groups is 1. The molecule has 0 aromatic rings. The second kappa shape index (κ2) is 67.3. The Kier molecular flexibility index (Phi) is 62.0. The number of unbranched alkanes of at least 4 members (excludes halogenated alkanes) is 30. The van der Waals surface area contributed by atoms with Crippen LogP contribution in [0.4, 0.5) is 0 Å². The van der Waals surface area contributed by atoms with Crippen LogP contribution >= 0.6 is 0 Å². The number of amides is 1. The summed E-state index contributed by atoms with van der Waals surface area (Å²) < 4.78 is 23.0. The van der Waals surface area contributed by atoms with Crippen molar-refractivity contribution in [3.63, 3.8) is 0 Å². The van der Waals surface area contributed by atoms with Gasteiger partial charge in [-0.2, -0.15) is 0 Å². The van der Waals surface area contributed by atoms with Gasteiger partial charge in [-0.05, 0) is 96.3 Å². The molecule has 99 heavy (non-hydrogen) atoms. The van der Waals surface area contributed by atoms with E-state index in [0.29, 0.717) is 12.8 Å². The summed E-state index contributed by atoms with van der Waals surface area (Å²) in [4.78, 5) is 13.4. The highest BCUT2D eigenvalue weighted by molar-refractivity contribution is 5.76. The number of nitrogens with one attached hydrogen (secondary N) is 1. The molecule has 2 aliphatic heterocycles. The van der Waals surface area contributed by atoms with E-state index in [0.717, 1.165) is 135 Å². The molecule has 12 atom stereocenters. The third kappa shape index (κ3) is 50.2. The van der Waals surface area contributed by atoms with Gasteiger partial charge in [0.15, 0.2) is 12.6 Å². The lowest BCUT2D eigenvalue weighted by atomic mass is 9.97. The number of hydrogen-bond acceptors (Lipinski definition) is 13. The first-order chi connectivity index (χ1) is 48.6. The highest BCUT2D eigenvalue weighted by atomic mass is 16.7. The zero-order valence-electron chi connectivity index (χ0n) is 62.2. The van der Waals surface area contributed by atoms with Crippen molar-refractivity contribution in [2.45, 2.75) is 376 Å². The van der Waals surface area contributed by atoms with Crippen molar-refractivity contribution in [2.24, 2.45) is 0 Å². The first kappa shape index (κ1) is 91.2. The Bertz CT molecular complexity index is 2180. The molecule has 0 aromatic carbocycles. The van der Waals surface area contributed by atoms with Gasteiger partial charge in [-0.15, -0.1) is 0 Å². The van der Waals surface area contributed by atoms with Crippen molar-refractivity contribution < 1.29 is 64.6 Å². The lowest BCUT2D eigenvalue weighted by Crippen LogP contribution is -2.65. The summed E-state index contributed by atoms with van der Waals surface area (Å²) in [7, 11) is 0. The zero-order chi connectivity index (χ0) is 71.5. The van der Waals surface area contributed by atoms with E-state index in [4.69, 9.17) is 18.9 Å². The topological polar surface area (TPSA) is 228 Å². The van der Waals surface area contributed by atoms with E-state index in [2.05, 4.69) is 153 Å². The molecule has 0 radical (unpaired) electrons. The van der Waals surface area contributed by atoms with E-state index < -0.39 is 86.8 Å². The van der Waals surface area contributed by atoms with Crippen molar-refractivity contribution in [1.29, 1.82) is 0 Å². The van der Waals surface area contributed by atoms with E-state index in [1.807, 2.05) is 0 Å². The molecule has 2 fully saturated rings. The highest BCUT2D eigenvalue weighted by Crippen LogP contribution is 2.30. The van der Waals surface area contributed by atoms with Gasteiger partial charge in [-0.1, -0.05) is 334 Å². The Morgan fingerprint density at radius 3 is 1.07 bits per heavy atom. The van der Waals surface area contributed by atoms with Gasteiger partial charge in [0.2, 0.25) is 5.91 Å². The van der Waals surface area contributed by atoms with Crippen molar-refractivity contribution in [3.8, 4) is 0 Å². The van der Waals surface area contributed by atoms with Gasteiger partial charge in [-0.25, -0.2) is 0 Å². The predicted molar refractivity (Wildman–Crippen MR) is 410 cm³/mol. The van der Waals surface area contributed by atoms with Crippen molar-refractivity contribution in [3.05, 3.63) is 134 Å². The Balaban J connectivity index is 1.63. The van der Waals surface area contributed by atoms with E-state index in [9.17, 15) is 45.6 Å². The van der Waals surface area contributed by atoms with Gasteiger partial charge < -0.3 is 65.1 Å². The lowest BCUT2D eigenvalue weighted by Gasteiger charge is -2.46. The number of carbonyl (C=O) groups excluding carboxylic acids is 1. The Morgan fingerprint density at radius 2 is 0.697 bits per heavy atom. The molecule has 0 aliphatic carbocycles. The van der Waals surface area contributed by atoms with E-state index in [1.165, 1.54) is 135 Å². The molecule has 9 N–H and O–H groups in total. The number of hydrogen-bond donors (Lipinski definition) is 9. The predicted octanol–water partition coefficient (Wildman–Crippen LogP) is 18.2. The number of rotatable bonds is 65. The molecule has 2 aliphatic rings. The maximum Gasteiger partial charge on any atom is 0.220 e. The quantitative estimate of drug-likeness (QED) is 0.0204. The summed E-state index contributed by atoms with van der Waals surface area (Å²) >= 11 is 0. The SMILES string of the molecule is CC/C=C\C/C=C\C/C=C\C/C=C\C/C=C\C/C=C\C/C=C\C/C=C\C/C=C\C/C=C\C/C=C\CCCCCCCCCC(=O)NC(COC1OC(CO)C(OC2OC(CO)C(O)C(O)C2O)C(O)C1O)C(O)CCCCCCCCCCCCCCCCCCCCCCCCCC. The fraction of sp³-hybridized carbons (Fsp3) is 0.729. The molecule has 0 spiro atoms. The van der Waals surface area contributed by atoms with Crippen LogP contribution in [0.5, 0.6) is 0 Å². The zero-order valence-corrected chi connectivity index (χ0v) is 62.2. The number of aliphatic hydroxyl groups excluding tert-OH is 8. The lowest BCUT2D eigenvalue weighted by molar-refractivity contribution is -0.359. The molecular formula is C85H145NO13. The number of allylic oxidation sites excluding steroid dienone is 22. The summed E-state index contributed by atoms with van der Waals surface area (Å²) in [5.41, 5.74) is 0. The number of aliphatic hydroxyl groups is 8. The molecule has 2 saturated heterocycles. The van der Waals surface area contributed by atoms with Crippen LogP contribution in [0.2, 0.25) is 0 Å². The van der Waals surface area contributed by atoms with E-state index in [-0.39, 0.29) is 18.9 Å². The summed E-state index contributed by atoms with van der Waals surface area (Å²) in [5, 5.41) is 87.8. The molecule has 0 saturated carbocycles. The summed E-state index contributed by atoms with van der Waals surface area (Å²) in [5.74, 6) is -0.220. The normalized spacial score (nSPS) is 22.7. The largest absolute Gasteiger partial charge is 0.394 e. The monoisotopic (exact) mass is 1390 g/mol. The fourth-order valence-electron chi connectivity index (χ4n) is 12.4. The summed E-state index contributed by atoms with van der Waals surface area (Å²) in [6, 6.07) is -0.846. The molecule has 14 nitrogen and oxygen atoms in total. The van der Waals surface area contributed by atoms with Crippen LogP contribution in [0.25, 0.3) is 0 Å². The van der Waals surface area contributed by atoms with Crippen molar-refractivity contribution in [2.75, 3.05) is 19.8 Å². The van der Waals surface area contributed by atoms with Crippen LogP contribution in [0, 0.1) is 0 Å². The second-order valence-corrected chi connectivity index (χ2v) is 27.5. The average molecular weight is 1390 g/mol. The minimum atomic E-state index is -1.79. The fourth-order valence-corrected chi connectivity index (χ4v) is 12.4. The molecule has 12 unspecified atom stereocenters. The molecule has 1 amide bonds. The average Bonchev–Trinajstić information content (AvgIpc) is 0.799. The van der Waals surface area contributed by atoms with E-state index >= 15 is 0 Å². The van der Waals surface area contributed by atoms with Crippen LogP contribution in [0.3, 0.4) is 0 Å². The Hall–Kier alpha value is -3.87. The van der Waals surface area contributed by atoms with Gasteiger partial charge in [0, 0.05) is 6.42 Å². The van der Waals surface area contributed by atoms with Crippen molar-refractivity contribution >= 4 is 5.91 Å². The second-order valence-electron chi connectivity index (χ2n) is 27.5. The smallest absolute Gasteiger partial charge is 0.220 e. The Morgan fingerprint density at radius 1 is 0.374 bits per heavy atom. The first-order valence-corrected chi connectivity index (χ1v) is 39.9.